The number of carbonyl (C=O) groups is 1. The molecule has 1 N–H and O–H groups in total. The van der Waals surface area contributed by atoms with Crippen molar-refractivity contribution >= 4 is 17.8 Å². The molecule has 17 heavy (non-hydrogen) atoms. The fourth-order valence-electron chi connectivity index (χ4n) is 1.31. The Morgan fingerprint density at radius 2 is 2.18 bits per heavy atom. The highest BCUT2D eigenvalue weighted by Gasteiger charge is 2.24. The molecule has 0 spiro atoms. The summed E-state index contributed by atoms with van der Waals surface area (Å²) in [4.78, 5) is 24.6. The highest BCUT2D eigenvalue weighted by molar-refractivity contribution is 6.23. The molecule has 2 unspecified atom stereocenters. The van der Waals surface area contributed by atoms with E-state index >= 15 is 0 Å². The summed E-state index contributed by atoms with van der Waals surface area (Å²) in [6, 6.07) is 0. The smallest absolute Gasteiger partial charge is 0.450 e. The summed E-state index contributed by atoms with van der Waals surface area (Å²) in [5, 5.41) is 16.3. The van der Waals surface area contributed by atoms with Crippen molar-refractivity contribution in [1.29, 1.82) is 0 Å². The minimum absolute atomic E-state index is 0.339. The van der Waals surface area contributed by atoms with Crippen molar-refractivity contribution in [3.8, 4) is 0 Å². The summed E-state index contributed by atoms with van der Waals surface area (Å²) >= 11 is 5.79. The Bertz CT molecular complexity index is 270. The number of hydrogen-bond donors (Lipinski definition) is 1. The second-order valence-electron chi connectivity index (χ2n) is 3.86. The number of carboxylic acid groups (broad SMARTS) is 1. The van der Waals surface area contributed by atoms with E-state index in [1.165, 1.54) is 6.92 Å². The highest BCUT2D eigenvalue weighted by atomic mass is 35.5. The van der Waals surface area contributed by atoms with Gasteiger partial charge in [0.1, 0.15) is 6.10 Å². The largest absolute Gasteiger partial charge is 0.507 e. The standard InChI is InChI=1S/C9H16ClNO6/c1-7(17-11(14)15)5-3-4-6-9(2,10)16-8(12)13/h7H,3-6H2,1-2H3,(H,12,13). The van der Waals surface area contributed by atoms with Crippen molar-refractivity contribution < 1.29 is 24.6 Å². The van der Waals surface area contributed by atoms with E-state index in [0.29, 0.717) is 25.7 Å². The lowest BCUT2D eigenvalue weighted by Crippen LogP contribution is -2.24. The van der Waals surface area contributed by atoms with Crippen LogP contribution in [0.15, 0.2) is 0 Å². The molecule has 0 aliphatic rings. The molecule has 0 aromatic rings. The van der Waals surface area contributed by atoms with Crippen molar-refractivity contribution in [2.24, 2.45) is 0 Å². The van der Waals surface area contributed by atoms with Gasteiger partial charge in [-0.2, -0.15) is 0 Å². The molecule has 0 heterocycles. The maximum atomic E-state index is 10.3. The van der Waals surface area contributed by atoms with Crippen molar-refractivity contribution in [1.82, 2.24) is 0 Å². The number of alkyl halides is 1. The van der Waals surface area contributed by atoms with E-state index in [4.69, 9.17) is 16.7 Å². The predicted molar refractivity (Wildman–Crippen MR) is 59.4 cm³/mol. The van der Waals surface area contributed by atoms with E-state index in [2.05, 4.69) is 9.57 Å². The first-order valence-electron chi connectivity index (χ1n) is 5.15. The predicted octanol–water partition coefficient (Wildman–Crippen LogP) is 2.79. The van der Waals surface area contributed by atoms with Crippen molar-refractivity contribution in [2.75, 3.05) is 0 Å². The molecule has 0 rings (SSSR count). The highest BCUT2D eigenvalue weighted by Crippen LogP contribution is 2.24. The molecule has 0 radical (unpaired) electrons. The molecule has 0 saturated carbocycles. The van der Waals surface area contributed by atoms with E-state index in [0.717, 1.165) is 0 Å². The van der Waals surface area contributed by atoms with Gasteiger partial charge in [-0.3, -0.25) is 0 Å². The van der Waals surface area contributed by atoms with Crippen LogP contribution in [0.5, 0.6) is 0 Å². The third-order valence-corrected chi connectivity index (χ3v) is 2.32. The average Bonchev–Trinajstić information content (AvgIpc) is 2.09. The number of unbranched alkanes of at least 4 members (excludes halogenated alkanes) is 1. The monoisotopic (exact) mass is 269 g/mol. The first kappa shape index (κ1) is 15.8. The summed E-state index contributed by atoms with van der Waals surface area (Å²) in [5.41, 5.74) is 0. The van der Waals surface area contributed by atoms with Crippen LogP contribution >= 0.6 is 11.6 Å². The molecule has 7 nitrogen and oxygen atoms in total. The van der Waals surface area contributed by atoms with Crippen LogP contribution in [-0.4, -0.2) is 27.5 Å². The van der Waals surface area contributed by atoms with Crippen LogP contribution in [-0.2, 0) is 9.57 Å². The lowest BCUT2D eigenvalue weighted by atomic mass is 10.1. The SMILES string of the molecule is CC(CCCCC(C)(Cl)OC(=O)O)O[N+](=O)[O-]. The first-order valence-corrected chi connectivity index (χ1v) is 5.53. The second-order valence-corrected chi connectivity index (χ2v) is 4.65. The summed E-state index contributed by atoms with van der Waals surface area (Å²) in [6.07, 6.45) is 0.172. The minimum atomic E-state index is -1.42. The third kappa shape index (κ3) is 9.68. The molecule has 100 valence electrons. The van der Waals surface area contributed by atoms with Gasteiger partial charge >= 0.3 is 6.16 Å². The quantitative estimate of drug-likeness (QED) is 0.239. The van der Waals surface area contributed by atoms with Gasteiger partial charge < -0.3 is 14.7 Å². The van der Waals surface area contributed by atoms with Gasteiger partial charge in [-0.1, -0.05) is 18.0 Å². The zero-order valence-corrected chi connectivity index (χ0v) is 10.5. The van der Waals surface area contributed by atoms with Crippen LogP contribution in [0.3, 0.4) is 0 Å². The maximum absolute atomic E-state index is 10.3. The molecule has 8 heteroatoms. The number of ether oxygens (including phenoxy) is 1. The van der Waals surface area contributed by atoms with Gasteiger partial charge in [-0.25, -0.2) is 4.79 Å². The van der Waals surface area contributed by atoms with E-state index in [-0.39, 0.29) is 0 Å². The van der Waals surface area contributed by atoms with Crippen LogP contribution in [0.25, 0.3) is 0 Å². The molecule has 2 atom stereocenters. The van der Waals surface area contributed by atoms with E-state index in [9.17, 15) is 14.9 Å². The fourth-order valence-corrected chi connectivity index (χ4v) is 1.50. The van der Waals surface area contributed by atoms with E-state index in [1.807, 2.05) is 0 Å². The molecular weight excluding hydrogens is 254 g/mol. The Morgan fingerprint density at radius 1 is 1.59 bits per heavy atom. The summed E-state index contributed by atoms with van der Waals surface area (Å²) in [6.45, 7) is 3.05. The summed E-state index contributed by atoms with van der Waals surface area (Å²) in [7, 11) is 0. The number of hydrogen-bond acceptors (Lipinski definition) is 5. The van der Waals surface area contributed by atoms with Gasteiger partial charge in [0.15, 0.2) is 5.06 Å². The molecule has 0 saturated heterocycles. The normalized spacial score (nSPS) is 15.7. The Labute approximate surface area is 104 Å². The van der Waals surface area contributed by atoms with Gasteiger partial charge in [0, 0.05) is 6.42 Å². The molecule has 0 bridgehead atoms. The van der Waals surface area contributed by atoms with Gasteiger partial charge in [-0.05, 0) is 26.7 Å². The molecular formula is C9H16ClNO6. The van der Waals surface area contributed by atoms with Crippen LogP contribution in [0.1, 0.15) is 39.5 Å². The molecule has 0 amide bonds. The van der Waals surface area contributed by atoms with Gasteiger partial charge in [0.2, 0.25) is 0 Å². The number of nitrogens with zero attached hydrogens (tertiary/aromatic N) is 1. The Balaban J connectivity index is 3.69. The van der Waals surface area contributed by atoms with Crippen LogP contribution in [0.4, 0.5) is 4.79 Å². The van der Waals surface area contributed by atoms with E-state index in [1.54, 1.807) is 6.92 Å². The zero-order valence-electron chi connectivity index (χ0n) is 9.72. The van der Waals surface area contributed by atoms with E-state index < -0.39 is 22.4 Å². The van der Waals surface area contributed by atoms with Gasteiger partial charge in [0.25, 0.3) is 5.09 Å². The first-order chi connectivity index (χ1) is 7.73. The molecule has 0 fully saturated rings. The number of rotatable bonds is 8. The van der Waals surface area contributed by atoms with Crippen molar-refractivity contribution in [2.45, 2.75) is 50.7 Å². The Hall–Kier alpha value is -1.24. The van der Waals surface area contributed by atoms with Gasteiger partial charge in [-0.15, -0.1) is 10.1 Å². The minimum Gasteiger partial charge on any atom is -0.450 e. The second kappa shape index (κ2) is 7.16. The lowest BCUT2D eigenvalue weighted by molar-refractivity contribution is -0.767. The van der Waals surface area contributed by atoms with Crippen LogP contribution < -0.4 is 0 Å². The Morgan fingerprint density at radius 3 is 2.65 bits per heavy atom. The summed E-state index contributed by atoms with van der Waals surface area (Å²) in [5.74, 6) is 0. The maximum Gasteiger partial charge on any atom is 0.507 e. The van der Waals surface area contributed by atoms with Crippen LogP contribution in [0.2, 0.25) is 0 Å². The zero-order chi connectivity index (χ0) is 13.5. The van der Waals surface area contributed by atoms with Crippen LogP contribution in [0, 0.1) is 10.1 Å². The summed E-state index contributed by atoms with van der Waals surface area (Å²) < 4.78 is 4.45. The lowest BCUT2D eigenvalue weighted by Gasteiger charge is -2.20. The molecule has 0 aromatic carbocycles. The molecule has 0 aliphatic heterocycles. The Kier molecular flexibility index (Phi) is 6.64. The molecule has 0 aromatic heterocycles. The average molecular weight is 270 g/mol. The fraction of sp³-hybridized carbons (Fsp3) is 0.889. The van der Waals surface area contributed by atoms with Crippen molar-refractivity contribution in [3.05, 3.63) is 10.1 Å². The molecule has 0 aliphatic carbocycles. The number of halogens is 1. The van der Waals surface area contributed by atoms with Gasteiger partial charge in [0.05, 0.1) is 0 Å². The van der Waals surface area contributed by atoms with Crippen molar-refractivity contribution in [3.63, 3.8) is 0 Å². The topological polar surface area (TPSA) is 98.9 Å². The third-order valence-electron chi connectivity index (χ3n) is 2.05.